The van der Waals surface area contributed by atoms with Crippen molar-refractivity contribution in [1.82, 2.24) is 9.47 Å². The molecule has 0 saturated heterocycles. The Kier molecular flexibility index (Phi) is 5.73. The fraction of sp³-hybridized carbons (Fsp3) is 0.538. The van der Waals surface area contributed by atoms with Crippen molar-refractivity contribution < 1.29 is 0 Å². The van der Waals surface area contributed by atoms with Gasteiger partial charge in [0, 0.05) is 6.17 Å². The molecule has 0 amide bonds. The Hall–Kier alpha value is -0.643. The third kappa shape index (κ3) is 3.74. The molecule has 3 heteroatoms. The van der Waals surface area contributed by atoms with Gasteiger partial charge < -0.3 is 9.47 Å². The summed E-state index contributed by atoms with van der Waals surface area (Å²) in [6, 6.07) is 11.0. The molecular weight excluding hydrogens is 212 g/mol. The molecule has 0 fully saturated rings. The minimum atomic E-state index is -1.01. The zero-order valence-electron chi connectivity index (χ0n) is 11.0. The first-order valence-electron chi connectivity index (χ1n) is 6.12. The van der Waals surface area contributed by atoms with Crippen molar-refractivity contribution in [1.29, 1.82) is 0 Å². The Morgan fingerprint density at radius 3 is 2.00 bits per heavy atom. The van der Waals surface area contributed by atoms with Crippen LogP contribution in [0.15, 0.2) is 30.3 Å². The highest BCUT2D eigenvalue weighted by Crippen LogP contribution is 1.98. The predicted molar refractivity (Wildman–Crippen MR) is 74.7 cm³/mol. The summed E-state index contributed by atoms with van der Waals surface area (Å²) in [5.41, 5.74) is 0. The molecule has 0 radical (unpaired) electrons. The van der Waals surface area contributed by atoms with Gasteiger partial charge in [-0.05, 0) is 32.4 Å². The molecule has 0 aliphatic rings. The van der Waals surface area contributed by atoms with Crippen LogP contribution in [-0.2, 0) is 0 Å². The van der Waals surface area contributed by atoms with E-state index in [1.165, 1.54) is 6.17 Å². The van der Waals surface area contributed by atoms with Crippen molar-refractivity contribution in [2.45, 2.75) is 13.8 Å². The second-order valence-corrected chi connectivity index (χ2v) is 7.20. The minimum absolute atomic E-state index is 1.01. The van der Waals surface area contributed by atoms with Gasteiger partial charge in [-0.1, -0.05) is 44.2 Å². The van der Waals surface area contributed by atoms with Crippen molar-refractivity contribution in [3.8, 4) is 0 Å². The van der Waals surface area contributed by atoms with Crippen molar-refractivity contribution in [3.05, 3.63) is 30.3 Å². The molecule has 90 valence electrons. The van der Waals surface area contributed by atoms with E-state index in [2.05, 4.69) is 67.7 Å². The van der Waals surface area contributed by atoms with Crippen LogP contribution in [0.1, 0.15) is 13.8 Å². The Labute approximate surface area is 102 Å². The summed E-state index contributed by atoms with van der Waals surface area (Å²) in [6.07, 6.45) is 1.21. The third-order valence-electron chi connectivity index (χ3n) is 2.98. The molecule has 0 saturated carbocycles. The van der Waals surface area contributed by atoms with Crippen LogP contribution in [0.5, 0.6) is 0 Å². The number of nitrogens with zero attached hydrogens (tertiary/aromatic N) is 2. The monoisotopic (exact) mass is 236 g/mol. The average molecular weight is 236 g/mol. The molecule has 1 atom stereocenters. The second-order valence-electron chi connectivity index (χ2n) is 4.41. The lowest BCUT2D eigenvalue weighted by atomic mass is 10.4. The summed E-state index contributed by atoms with van der Waals surface area (Å²) >= 11 is 0. The van der Waals surface area contributed by atoms with E-state index in [4.69, 9.17) is 0 Å². The van der Waals surface area contributed by atoms with E-state index in [1.807, 2.05) is 0 Å². The van der Waals surface area contributed by atoms with Crippen LogP contribution < -0.4 is 5.19 Å². The van der Waals surface area contributed by atoms with E-state index >= 15 is 0 Å². The maximum absolute atomic E-state index is 2.65. The summed E-state index contributed by atoms with van der Waals surface area (Å²) < 4.78 is 2.65. The highest BCUT2D eigenvalue weighted by Gasteiger charge is 2.20. The highest BCUT2D eigenvalue weighted by molar-refractivity contribution is 6.70. The van der Waals surface area contributed by atoms with Crippen LogP contribution in [0.3, 0.4) is 0 Å². The van der Waals surface area contributed by atoms with E-state index in [9.17, 15) is 0 Å². The van der Waals surface area contributed by atoms with Gasteiger partial charge in [-0.15, -0.1) is 0 Å². The van der Waals surface area contributed by atoms with Crippen LogP contribution in [0.25, 0.3) is 0 Å². The van der Waals surface area contributed by atoms with Gasteiger partial charge in [0.2, 0.25) is 0 Å². The molecule has 0 N–H and O–H groups in total. The first-order valence-corrected chi connectivity index (χ1v) is 8.03. The predicted octanol–water partition coefficient (Wildman–Crippen LogP) is 1.06. The number of rotatable bonds is 6. The topological polar surface area (TPSA) is 6.48 Å². The van der Waals surface area contributed by atoms with Gasteiger partial charge in [0.1, 0.15) is 0 Å². The van der Waals surface area contributed by atoms with E-state index in [-0.39, 0.29) is 0 Å². The molecule has 2 nitrogen and oxygen atoms in total. The molecule has 0 bridgehead atoms. The van der Waals surface area contributed by atoms with Gasteiger partial charge in [-0.2, -0.15) is 0 Å². The largest absolute Gasteiger partial charge is 0.322 e. The van der Waals surface area contributed by atoms with Gasteiger partial charge in [0.15, 0.2) is 8.96 Å². The normalized spacial score (nSPS) is 13.4. The number of hydrogen-bond donors (Lipinski definition) is 0. The van der Waals surface area contributed by atoms with Crippen LogP contribution in [0, 0.1) is 0 Å². The molecule has 0 spiro atoms. The first-order chi connectivity index (χ1) is 7.69. The fourth-order valence-corrected chi connectivity index (χ4v) is 5.22. The highest BCUT2D eigenvalue weighted by atomic mass is 28.3. The van der Waals surface area contributed by atoms with Gasteiger partial charge in [0.05, 0.1) is 0 Å². The molecule has 1 unspecified atom stereocenters. The Bertz CT molecular complexity index is 283. The smallest absolute Gasteiger partial charge is 0.157 e. The Balaban J connectivity index is 2.86. The zero-order valence-corrected chi connectivity index (χ0v) is 12.1. The minimum Gasteiger partial charge on any atom is -0.322 e. The molecule has 1 aromatic rings. The van der Waals surface area contributed by atoms with Gasteiger partial charge >= 0.3 is 0 Å². The second kappa shape index (κ2) is 6.84. The van der Waals surface area contributed by atoms with E-state index in [0.717, 1.165) is 13.1 Å². The molecule has 0 aliphatic carbocycles. The SMILES string of the molecule is CCN(CC)[SiH](CN(C)C)c1ccccc1. The van der Waals surface area contributed by atoms with Crippen LogP contribution in [0.4, 0.5) is 0 Å². The number of hydrogen-bond acceptors (Lipinski definition) is 2. The van der Waals surface area contributed by atoms with Gasteiger partial charge in [-0.25, -0.2) is 0 Å². The summed E-state index contributed by atoms with van der Waals surface area (Å²) in [6.45, 7) is 6.86. The lowest BCUT2D eigenvalue weighted by Gasteiger charge is -2.30. The summed E-state index contributed by atoms with van der Waals surface area (Å²) in [5, 5.41) is 1.56. The average Bonchev–Trinajstić information content (AvgIpc) is 2.30. The molecule has 0 aliphatic heterocycles. The standard InChI is InChI=1S/C13H24N2Si/c1-5-15(6-2)16(12-14(3)4)13-10-8-7-9-11-13/h7-11,16H,5-6,12H2,1-4H3. The summed E-state index contributed by atoms with van der Waals surface area (Å²) in [7, 11) is 3.34. The van der Waals surface area contributed by atoms with Crippen molar-refractivity contribution in [2.75, 3.05) is 33.4 Å². The van der Waals surface area contributed by atoms with E-state index in [0.29, 0.717) is 0 Å². The lowest BCUT2D eigenvalue weighted by Crippen LogP contribution is -2.54. The maximum Gasteiger partial charge on any atom is 0.157 e. The molecular formula is C13H24N2Si. The van der Waals surface area contributed by atoms with Crippen LogP contribution in [-0.4, -0.2) is 51.8 Å². The summed E-state index contributed by atoms with van der Waals surface area (Å²) in [4.78, 5) is 2.32. The Morgan fingerprint density at radius 2 is 1.56 bits per heavy atom. The number of benzene rings is 1. The first kappa shape index (κ1) is 13.4. The Morgan fingerprint density at radius 1 is 1.00 bits per heavy atom. The van der Waals surface area contributed by atoms with E-state index < -0.39 is 8.96 Å². The fourth-order valence-electron chi connectivity index (χ4n) is 2.12. The van der Waals surface area contributed by atoms with Crippen molar-refractivity contribution in [2.24, 2.45) is 0 Å². The van der Waals surface area contributed by atoms with Gasteiger partial charge in [0.25, 0.3) is 0 Å². The molecule has 1 aromatic carbocycles. The zero-order chi connectivity index (χ0) is 12.0. The van der Waals surface area contributed by atoms with Crippen LogP contribution in [0.2, 0.25) is 0 Å². The van der Waals surface area contributed by atoms with E-state index in [1.54, 1.807) is 5.19 Å². The molecule has 16 heavy (non-hydrogen) atoms. The molecule has 0 heterocycles. The molecule has 1 rings (SSSR count). The van der Waals surface area contributed by atoms with Crippen molar-refractivity contribution >= 4 is 14.1 Å². The van der Waals surface area contributed by atoms with Gasteiger partial charge in [-0.3, -0.25) is 0 Å². The quantitative estimate of drug-likeness (QED) is 0.682. The van der Waals surface area contributed by atoms with Crippen molar-refractivity contribution in [3.63, 3.8) is 0 Å². The van der Waals surface area contributed by atoms with Crippen LogP contribution >= 0.6 is 0 Å². The summed E-state index contributed by atoms with van der Waals surface area (Å²) in [5.74, 6) is 0. The maximum atomic E-state index is 2.65. The lowest BCUT2D eigenvalue weighted by molar-refractivity contribution is 0.428. The third-order valence-corrected chi connectivity index (χ3v) is 6.82. The molecule has 0 aromatic heterocycles.